The summed E-state index contributed by atoms with van der Waals surface area (Å²) in [5.41, 5.74) is 4.37. The van der Waals surface area contributed by atoms with Crippen molar-refractivity contribution >= 4 is 16.0 Å². The summed E-state index contributed by atoms with van der Waals surface area (Å²) >= 11 is 0. The minimum atomic E-state index is -4.63. The second kappa shape index (κ2) is 6.57. The zero-order valence-electron chi connectivity index (χ0n) is 13.4. The van der Waals surface area contributed by atoms with Gasteiger partial charge in [0.1, 0.15) is 16.2 Å². The molecular weight excluding hydrogens is 352 g/mol. The zero-order valence-corrected chi connectivity index (χ0v) is 14.2. The van der Waals surface area contributed by atoms with E-state index >= 15 is 0 Å². The van der Waals surface area contributed by atoms with E-state index in [0.717, 1.165) is 16.7 Å². The third kappa shape index (κ3) is 3.35. The lowest BCUT2D eigenvalue weighted by molar-refractivity contribution is 0.0996. The lowest BCUT2D eigenvalue weighted by Gasteiger charge is -2.14. The molecule has 0 bridgehead atoms. The molecule has 0 radical (unpaired) electrons. The van der Waals surface area contributed by atoms with Crippen LogP contribution in [0.15, 0.2) is 34.0 Å². The Bertz CT molecular complexity index is 1010. The van der Waals surface area contributed by atoms with E-state index in [1.165, 1.54) is 19.2 Å². The molecule has 0 unspecified atom stereocenters. The molecule has 0 aliphatic heterocycles. The predicted molar refractivity (Wildman–Crippen MR) is 88.4 cm³/mol. The fourth-order valence-corrected chi connectivity index (χ4v) is 3.14. The van der Waals surface area contributed by atoms with Crippen molar-refractivity contribution < 1.29 is 27.6 Å². The number of nitrogens with zero attached hydrogens (tertiary/aromatic N) is 1. The summed E-state index contributed by atoms with van der Waals surface area (Å²) in [6, 6.07) is 4.68. The van der Waals surface area contributed by atoms with E-state index < -0.39 is 32.4 Å². The van der Waals surface area contributed by atoms with Gasteiger partial charge in [0.25, 0.3) is 21.6 Å². The van der Waals surface area contributed by atoms with Gasteiger partial charge in [0.15, 0.2) is 0 Å². The number of carbonyl (C=O) groups is 1. The van der Waals surface area contributed by atoms with Crippen LogP contribution in [0.25, 0.3) is 11.1 Å². The first-order valence-electron chi connectivity index (χ1n) is 7.04. The molecular formula is C15H16N2O7S. The van der Waals surface area contributed by atoms with Crippen molar-refractivity contribution in [2.24, 2.45) is 5.73 Å². The first-order chi connectivity index (χ1) is 11.6. The number of benzene rings is 1. The zero-order chi connectivity index (χ0) is 18.9. The monoisotopic (exact) mass is 368 g/mol. The van der Waals surface area contributed by atoms with Gasteiger partial charge in [0.2, 0.25) is 5.88 Å². The Balaban J connectivity index is 2.88. The van der Waals surface area contributed by atoms with Gasteiger partial charge >= 0.3 is 0 Å². The number of amides is 1. The minimum Gasteiger partial charge on any atom is -0.495 e. The molecule has 0 aliphatic rings. The topological polar surface area (TPSA) is 149 Å². The molecule has 4 N–H and O–H groups in total. The largest absolute Gasteiger partial charge is 0.495 e. The lowest BCUT2D eigenvalue weighted by atomic mass is 10.0. The summed E-state index contributed by atoms with van der Waals surface area (Å²) in [5.74, 6) is -1.75. The van der Waals surface area contributed by atoms with Crippen molar-refractivity contribution in [3.8, 4) is 22.8 Å². The number of aromatic nitrogens is 1. The van der Waals surface area contributed by atoms with Gasteiger partial charge in [-0.15, -0.1) is 0 Å². The molecule has 0 fully saturated rings. The molecule has 1 heterocycles. The molecule has 0 saturated carbocycles. The third-order valence-electron chi connectivity index (χ3n) is 3.60. The Morgan fingerprint density at radius 2 is 1.96 bits per heavy atom. The second-order valence-electron chi connectivity index (χ2n) is 5.04. The molecule has 0 saturated heterocycles. The van der Waals surface area contributed by atoms with Crippen LogP contribution in [0, 0.1) is 0 Å². The quantitative estimate of drug-likeness (QED) is 0.654. The van der Waals surface area contributed by atoms with Crippen LogP contribution in [0.1, 0.15) is 17.3 Å². The van der Waals surface area contributed by atoms with Crippen LogP contribution in [0.4, 0.5) is 0 Å². The fraction of sp³-hybridized carbons (Fsp3) is 0.200. The molecule has 25 heavy (non-hydrogen) atoms. The molecule has 1 amide bonds. The van der Waals surface area contributed by atoms with Gasteiger partial charge in [-0.3, -0.25) is 18.7 Å². The maximum atomic E-state index is 12.1. The number of hydrogen-bond donors (Lipinski definition) is 3. The summed E-state index contributed by atoms with van der Waals surface area (Å²) < 4.78 is 38.2. The average molecular weight is 368 g/mol. The second-order valence-corrected chi connectivity index (χ2v) is 6.43. The Labute approximate surface area is 143 Å². The van der Waals surface area contributed by atoms with Gasteiger partial charge in [-0.1, -0.05) is 6.07 Å². The van der Waals surface area contributed by atoms with Crippen LogP contribution >= 0.6 is 0 Å². The number of carbonyl (C=O) groups excluding carboxylic acids is 1. The molecule has 9 nitrogen and oxygen atoms in total. The van der Waals surface area contributed by atoms with Crippen molar-refractivity contribution in [1.82, 2.24) is 4.57 Å². The Morgan fingerprint density at radius 1 is 1.32 bits per heavy atom. The maximum Gasteiger partial charge on any atom is 0.298 e. The highest BCUT2D eigenvalue weighted by molar-refractivity contribution is 7.86. The van der Waals surface area contributed by atoms with E-state index in [1.807, 2.05) is 0 Å². The van der Waals surface area contributed by atoms with Crippen molar-refractivity contribution in [3.63, 3.8) is 0 Å². The van der Waals surface area contributed by atoms with Crippen LogP contribution in [-0.2, 0) is 16.7 Å². The van der Waals surface area contributed by atoms with Gasteiger partial charge in [-0.25, -0.2) is 0 Å². The van der Waals surface area contributed by atoms with E-state index in [9.17, 15) is 27.7 Å². The van der Waals surface area contributed by atoms with Crippen LogP contribution in [0.2, 0.25) is 0 Å². The number of methoxy groups -OCH3 is 1. The highest BCUT2D eigenvalue weighted by atomic mass is 32.2. The van der Waals surface area contributed by atoms with Crippen LogP contribution in [0.3, 0.4) is 0 Å². The van der Waals surface area contributed by atoms with Crippen LogP contribution in [-0.4, -0.2) is 35.7 Å². The molecule has 1 aromatic carbocycles. The lowest BCUT2D eigenvalue weighted by Crippen LogP contribution is -2.24. The summed E-state index contributed by atoms with van der Waals surface area (Å²) in [5, 5.41) is 10.2. The van der Waals surface area contributed by atoms with E-state index in [0.29, 0.717) is 0 Å². The Morgan fingerprint density at radius 3 is 2.44 bits per heavy atom. The molecule has 2 aromatic rings. The van der Waals surface area contributed by atoms with Gasteiger partial charge in [0.05, 0.1) is 7.11 Å². The first-order valence-corrected chi connectivity index (χ1v) is 8.48. The van der Waals surface area contributed by atoms with Crippen LogP contribution in [0.5, 0.6) is 11.6 Å². The summed E-state index contributed by atoms with van der Waals surface area (Å²) in [7, 11) is -3.41. The van der Waals surface area contributed by atoms with Gasteiger partial charge in [-0.05, 0) is 24.6 Å². The van der Waals surface area contributed by atoms with Gasteiger partial charge < -0.3 is 15.6 Å². The number of ether oxygens (including phenoxy) is 1. The average Bonchev–Trinajstić information content (AvgIpc) is 2.52. The van der Waals surface area contributed by atoms with Crippen molar-refractivity contribution in [2.75, 3.05) is 7.11 Å². The smallest absolute Gasteiger partial charge is 0.298 e. The Hall–Kier alpha value is -2.85. The molecule has 0 spiro atoms. The van der Waals surface area contributed by atoms with Crippen LogP contribution < -0.4 is 16.0 Å². The minimum absolute atomic E-state index is 0.0627. The van der Waals surface area contributed by atoms with E-state index in [1.54, 1.807) is 6.92 Å². The summed E-state index contributed by atoms with van der Waals surface area (Å²) in [4.78, 5) is 23.3. The van der Waals surface area contributed by atoms with Crippen molar-refractivity contribution in [2.45, 2.75) is 18.4 Å². The number of nitrogens with two attached hydrogens (primary N) is 1. The summed E-state index contributed by atoms with van der Waals surface area (Å²) in [6.07, 6.45) is 0. The number of aromatic hydroxyl groups is 1. The van der Waals surface area contributed by atoms with E-state index in [2.05, 4.69) is 0 Å². The molecule has 0 atom stereocenters. The SMILES string of the molecule is CCn1c(O)c(C(N)=O)c(-c2ccc(OC)c(S(=O)(=O)O)c2)cc1=O. The fourth-order valence-electron chi connectivity index (χ4n) is 2.46. The maximum absolute atomic E-state index is 12.1. The molecule has 134 valence electrons. The standard InChI is InChI=1S/C15H16N2O7S/c1-3-17-12(18)7-9(13(14(16)19)15(17)20)8-4-5-10(24-2)11(6-8)25(21,22)23/h4-7,20H,3H2,1-2H3,(H2,16,19)(H,21,22,23). The van der Waals surface area contributed by atoms with Crippen molar-refractivity contribution in [1.29, 1.82) is 0 Å². The first kappa shape index (κ1) is 18.5. The van der Waals surface area contributed by atoms with E-state index in [4.69, 9.17) is 10.5 Å². The van der Waals surface area contributed by atoms with Gasteiger partial charge in [0, 0.05) is 18.2 Å². The summed E-state index contributed by atoms with van der Waals surface area (Å²) in [6.45, 7) is 1.69. The van der Waals surface area contributed by atoms with Gasteiger partial charge in [-0.2, -0.15) is 8.42 Å². The molecule has 1 aromatic heterocycles. The van der Waals surface area contributed by atoms with Crippen molar-refractivity contribution in [3.05, 3.63) is 40.2 Å². The highest BCUT2D eigenvalue weighted by Gasteiger charge is 2.23. The highest BCUT2D eigenvalue weighted by Crippen LogP contribution is 2.33. The third-order valence-corrected chi connectivity index (χ3v) is 4.47. The predicted octanol–water partition coefficient (Wildman–Crippen LogP) is 0.595. The number of primary amides is 1. The van der Waals surface area contributed by atoms with E-state index in [-0.39, 0.29) is 29.0 Å². The number of pyridine rings is 1. The number of rotatable bonds is 5. The molecule has 0 aliphatic carbocycles. The molecule has 2 rings (SSSR count). The number of hydrogen-bond acceptors (Lipinski definition) is 6. The Kier molecular flexibility index (Phi) is 4.86. The normalized spacial score (nSPS) is 11.3. The molecule has 10 heteroatoms.